The van der Waals surface area contributed by atoms with Crippen molar-refractivity contribution in [1.29, 1.82) is 0 Å². The van der Waals surface area contributed by atoms with E-state index in [1.165, 1.54) is 11.3 Å². The molecule has 1 fully saturated rings. The molecule has 37 heavy (non-hydrogen) atoms. The molecule has 1 aromatic carbocycles. The lowest BCUT2D eigenvalue weighted by Crippen LogP contribution is -2.47. The van der Waals surface area contributed by atoms with Crippen molar-refractivity contribution in [1.82, 2.24) is 30.0 Å². The molecule has 0 saturated carbocycles. The second kappa shape index (κ2) is 11.4. The van der Waals surface area contributed by atoms with E-state index in [-0.39, 0.29) is 0 Å². The van der Waals surface area contributed by atoms with E-state index in [2.05, 4.69) is 62.6 Å². The molecule has 0 aliphatic carbocycles. The Balaban J connectivity index is 1.27. The van der Waals surface area contributed by atoms with E-state index in [9.17, 15) is 0 Å². The van der Waals surface area contributed by atoms with Gasteiger partial charge in [0.15, 0.2) is 5.13 Å². The highest BCUT2D eigenvalue weighted by atomic mass is 35.5. The molecule has 3 aromatic heterocycles. The van der Waals surface area contributed by atoms with Gasteiger partial charge < -0.3 is 14.6 Å². The van der Waals surface area contributed by atoms with Crippen molar-refractivity contribution in [2.45, 2.75) is 13.8 Å². The first kappa shape index (κ1) is 25.4. The van der Waals surface area contributed by atoms with Crippen LogP contribution in [0.4, 0.5) is 16.8 Å². The van der Waals surface area contributed by atoms with Crippen molar-refractivity contribution in [3.63, 3.8) is 0 Å². The highest BCUT2D eigenvalue weighted by Crippen LogP contribution is 2.35. The summed E-state index contributed by atoms with van der Waals surface area (Å²) < 4.78 is 5.92. The topological polar surface area (TPSA) is 108 Å². The van der Waals surface area contributed by atoms with Crippen molar-refractivity contribution in [3.8, 4) is 22.2 Å². The highest BCUT2D eigenvalue weighted by Gasteiger charge is 2.20. The maximum absolute atomic E-state index is 6.35. The van der Waals surface area contributed by atoms with Crippen LogP contribution in [-0.4, -0.2) is 74.5 Å². The number of aryl methyl sites for hydroxylation is 2. The summed E-state index contributed by atoms with van der Waals surface area (Å²) in [6.07, 6.45) is 1.70. The molecule has 1 N–H and O–H groups in total. The molecule has 1 saturated heterocycles. The zero-order valence-electron chi connectivity index (χ0n) is 20.3. The van der Waals surface area contributed by atoms with Crippen molar-refractivity contribution in [2.75, 3.05) is 49.5 Å². The molecule has 0 radical (unpaired) electrons. The molecule has 1 aliphatic heterocycles. The molecule has 5 rings (SSSR count). The number of isothiocyanates is 1. The van der Waals surface area contributed by atoms with Gasteiger partial charge in [0.05, 0.1) is 28.5 Å². The smallest absolute Gasteiger partial charge is 0.259 e. The van der Waals surface area contributed by atoms with Crippen LogP contribution in [0.3, 0.4) is 0 Å². The SMILES string of the molecule is Cc1nc(Nc2ncc(-c3nnc(-c4c(C)cccc4Cl)o3)s2)cc(N2CCN(CCN=C=S)CC2)n1. The van der Waals surface area contributed by atoms with E-state index < -0.39 is 0 Å². The predicted octanol–water partition coefficient (Wildman–Crippen LogP) is 4.89. The molecule has 0 amide bonds. The fourth-order valence-corrected chi connectivity index (χ4v) is 5.22. The maximum atomic E-state index is 6.35. The van der Waals surface area contributed by atoms with Crippen LogP contribution in [0.5, 0.6) is 0 Å². The van der Waals surface area contributed by atoms with Crippen LogP contribution in [0.1, 0.15) is 11.4 Å². The number of halogens is 1. The minimum atomic E-state index is 0.378. The van der Waals surface area contributed by atoms with Gasteiger partial charge in [0.2, 0.25) is 5.89 Å². The van der Waals surface area contributed by atoms with Crippen LogP contribution < -0.4 is 10.2 Å². The number of thiocarbonyl (C=S) groups is 1. The Bertz CT molecular complexity index is 1420. The first-order chi connectivity index (χ1) is 18.0. The number of aromatic nitrogens is 5. The number of hydrogen-bond acceptors (Lipinski definition) is 12. The summed E-state index contributed by atoms with van der Waals surface area (Å²) in [6, 6.07) is 7.60. The van der Waals surface area contributed by atoms with Crippen LogP contribution >= 0.6 is 35.2 Å². The van der Waals surface area contributed by atoms with Gasteiger partial charge >= 0.3 is 0 Å². The predicted molar refractivity (Wildman–Crippen MR) is 149 cm³/mol. The van der Waals surface area contributed by atoms with Crippen molar-refractivity contribution < 1.29 is 4.42 Å². The quantitative estimate of drug-likeness (QED) is 0.239. The van der Waals surface area contributed by atoms with E-state index in [1.807, 2.05) is 32.0 Å². The van der Waals surface area contributed by atoms with Crippen LogP contribution in [0.25, 0.3) is 22.2 Å². The van der Waals surface area contributed by atoms with Gasteiger partial charge in [0.1, 0.15) is 22.3 Å². The van der Waals surface area contributed by atoms with Gasteiger partial charge in [-0.15, -0.1) is 10.2 Å². The minimum Gasteiger partial charge on any atom is -0.415 e. The lowest BCUT2D eigenvalue weighted by atomic mass is 10.1. The molecule has 4 heterocycles. The van der Waals surface area contributed by atoms with E-state index in [4.69, 9.17) is 16.0 Å². The Morgan fingerprint density at radius 2 is 1.97 bits per heavy atom. The van der Waals surface area contributed by atoms with Gasteiger partial charge in [0, 0.05) is 38.8 Å². The van der Waals surface area contributed by atoms with E-state index in [0.29, 0.717) is 40.1 Å². The van der Waals surface area contributed by atoms with Gasteiger partial charge in [-0.1, -0.05) is 35.1 Å². The Labute approximate surface area is 228 Å². The number of aliphatic imine (C=N–C) groups is 1. The summed E-state index contributed by atoms with van der Waals surface area (Å²) >= 11 is 12.4. The molecule has 1 aliphatic rings. The highest BCUT2D eigenvalue weighted by molar-refractivity contribution is 7.78. The van der Waals surface area contributed by atoms with E-state index in [1.54, 1.807) is 12.3 Å². The summed E-state index contributed by atoms with van der Waals surface area (Å²) in [5, 5.41) is 15.3. The fraction of sp³-hybridized carbons (Fsp3) is 0.333. The Hall–Kier alpha value is -3.28. The summed E-state index contributed by atoms with van der Waals surface area (Å²) in [5.74, 6) is 3.02. The lowest BCUT2D eigenvalue weighted by Gasteiger charge is -2.35. The Morgan fingerprint density at radius 3 is 2.76 bits per heavy atom. The molecule has 0 atom stereocenters. The van der Waals surface area contributed by atoms with E-state index >= 15 is 0 Å². The second-order valence-electron chi connectivity index (χ2n) is 8.46. The average Bonchev–Trinajstić information content (AvgIpc) is 3.54. The van der Waals surface area contributed by atoms with Gasteiger partial charge in [-0.3, -0.25) is 4.90 Å². The van der Waals surface area contributed by atoms with Gasteiger partial charge in [-0.05, 0) is 37.7 Å². The number of nitrogens with zero attached hydrogens (tertiary/aromatic N) is 8. The standard InChI is InChI=1S/C24H24ClN9OS2/c1-15-4-3-5-17(25)21(15)23-32-31-22(35-23)18-13-27-24(37-18)30-19-12-20(29-16(2)28-19)34-10-8-33(9-11-34)7-6-26-14-36/h3-5,12-13H,6-11H2,1-2H3,(H,27,28,29,30). The van der Waals surface area contributed by atoms with Gasteiger partial charge in [-0.2, -0.15) is 0 Å². The van der Waals surface area contributed by atoms with Crippen LogP contribution in [0.2, 0.25) is 5.02 Å². The first-order valence-electron chi connectivity index (χ1n) is 11.7. The number of piperazine rings is 1. The molecule has 0 bridgehead atoms. The van der Waals surface area contributed by atoms with Crippen molar-refractivity contribution in [2.24, 2.45) is 4.99 Å². The van der Waals surface area contributed by atoms with Crippen LogP contribution in [-0.2, 0) is 0 Å². The zero-order chi connectivity index (χ0) is 25.8. The molecule has 4 aromatic rings. The van der Waals surface area contributed by atoms with Crippen LogP contribution in [0.15, 0.2) is 39.9 Å². The van der Waals surface area contributed by atoms with Crippen molar-refractivity contribution in [3.05, 3.63) is 46.9 Å². The van der Waals surface area contributed by atoms with Gasteiger partial charge in [0.25, 0.3) is 5.89 Å². The molecular weight excluding hydrogens is 530 g/mol. The number of benzene rings is 1. The lowest BCUT2D eigenvalue weighted by molar-refractivity contribution is 0.264. The first-order valence-corrected chi connectivity index (χ1v) is 13.3. The molecule has 0 unspecified atom stereocenters. The summed E-state index contributed by atoms with van der Waals surface area (Å²) in [4.78, 5) is 23.1. The van der Waals surface area contributed by atoms with Crippen LogP contribution in [0, 0.1) is 13.8 Å². The minimum absolute atomic E-state index is 0.378. The number of hydrogen-bond donors (Lipinski definition) is 1. The Kier molecular flexibility index (Phi) is 7.82. The zero-order valence-corrected chi connectivity index (χ0v) is 22.7. The van der Waals surface area contributed by atoms with Crippen molar-refractivity contribution >= 4 is 57.1 Å². The maximum Gasteiger partial charge on any atom is 0.259 e. The average molecular weight is 554 g/mol. The molecule has 190 valence electrons. The molecule has 13 heteroatoms. The fourth-order valence-electron chi connectivity index (χ4n) is 4.08. The second-order valence-corrected chi connectivity index (χ2v) is 10.1. The van der Waals surface area contributed by atoms with Gasteiger partial charge in [-0.25, -0.2) is 19.9 Å². The Morgan fingerprint density at radius 1 is 1.16 bits per heavy atom. The monoisotopic (exact) mass is 553 g/mol. The number of rotatable bonds is 8. The third-order valence-electron chi connectivity index (χ3n) is 5.93. The number of nitrogens with one attached hydrogen (secondary N) is 1. The summed E-state index contributed by atoms with van der Waals surface area (Å²) in [7, 11) is 0. The summed E-state index contributed by atoms with van der Waals surface area (Å²) in [5.41, 5.74) is 1.70. The summed E-state index contributed by atoms with van der Waals surface area (Å²) in [6.45, 7) is 9.05. The molecule has 10 nitrogen and oxygen atoms in total. The third kappa shape index (κ3) is 6.00. The molecular formula is C24H24ClN9OS2. The number of anilines is 3. The van der Waals surface area contributed by atoms with E-state index in [0.717, 1.165) is 54.5 Å². The molecule has 0 spiro atoms. The normalized spacial score (nSPS) is 14.0. The largest absolute Gasteiger partial charge is 0.415 e. The third-order valence-corrected chi connectivity index (χ3v) is 7.27. The number of thiazole rings is 1.